The quantitative estimate of drug-likeness (QED) is 0.756. The van der Waals surface area contributed by atoms with Crippen molar-refractivity contribution >= 4 is 23.4 Å². The molecule has 6 heteroatoms. The molecule has 0 amide bonds. The first kappa shape index (κ1) is 16.3. The Morgan fingerprint density at radius 2 is 1.91 bits per heavy atom. The van der Waals surface area contributed by atoms with Gasteiger partial charge in [-0.1, -0.05) is 18.2 Å². The number of halogens is 1. The van der Waals surface area contributed by atoms with Crippen LogP contribution in [0.25, 0.3) is 16.7 Å². The van der Waals surface area contributed by atoms with E-state index in [1.165, 1.54) is 0 Å². The van der Waals surface area contributed by atoms with Crippen LogP contribution in [-0.4, -0.2) is 39.1 Å². The Labute approximate surface area is 134 Å². The van der Waals surface area contributed by atoms with Gasteiger partial charge >= 0.3 is 0 Å². The van der Waals surface area contributed by atoms with E-state index < -0.39 is 6.10 Å². The molecule has 0 saturated carbocycles. The Hall–Kier alpha value is -2.08. The molecule has 0 radical (unpaired) electrons. The monoisotopic (exact) mass is 320 g/mol. The molecule has 116 valence electrons. The SMILES string of the molecule is Cl.OCC(O)COc1ccc2c(c1)ncn2-c1ccccc1. The summed E-state index contributed by atoms with van der Waals surface area (Å²) in [5.74, 6) is 0.619. The molecule has 5 nitrogen and oxygen atoms in total. The van der Waals surface area contributed by atoms with Gasteiger partial charge in [0, 0.05) is 11.8 Å². The second-order valence-electron chi connectivity index (χ2n) is 4.75. The van der Waals surface area contributed by atoms with E-state index in [9.17, 15) is 5.11 Å². The number of aliphatic hydroxyl groups is 2. The van der Waals surface area contributed by atoms with E-state index in [0.717, 1.165) is 16.7 Å². The third kappa shape index (κ3) is 3.39. The molecule has 1 unspecified atom stereocenters. The van der Waals surface area contributed by atoms with Crippen LogP contribution in [0, 0.1) is 0 Å². The lowest BCUT2D eigenvalue weighted by molar-refractivity contribution is 0.0536. The van der Waals surface area contributed by atoms with Gasteiger partial charge in [-0.25, -0.2) is 4.98 Å². The highest BCUT2D eigenvalue weighted by atomic mass is 35.5. The molecule has 1 atom stereocenters. The highest BCUT2D eigenvalue weighted by Gasteiger charge is 2.07. The van der Waals surface area contributed by atoms with Crippen LogP contribution in [0.2, 0.25) is 0 Å². The first-order chi connectivity index (χ1) is 10.3. The van der Waals surface area contributed by atoms with Crippen molar-refractivity contribution in [2.24, 2.45) is 0 Å². The predicted molar refractivity (Wildman–Crippen MR) is 86.9 cm³/mol. The molecule has 3 rings (SSSR count). The van der Waals surface area contributed by atoms with Gasteiger partial charge in [0.15, 0.2) is 0 Å². The second-order valence-corrected chi connectivity index (χ2v) is 4.75. The Kier molecular flexibility index (Phi) is 5.38. The van der Waals surface area contributed by atoms with Crippen molar-refractivity contribution in [3.63, 3.8) is 0 Å². The molecule has 0 spiro atoms. The van der Waals surface area contributed by atoms with Gasteiger partial charge in [0.2, 0.25) is 0 Å². The lowest BCUT2D eigenvalue weighted by Gasteiger charge is -2.10. The lowest BCUT2D eigenvalue weighted by Crippen LogP contribution is -2.21. The maximum Gasteiger partial charge on any atom is 0.121 e. The number of fused-ring (bicyclic) bond motifs is 1. The zero-order valence-corrected chi connectivity index (χ0v) is 12.6. The topological polar surface area (TPSA) is 67.5 Å². The number of para-hydroxylation sites is 1. The Balaban J connectivity index is 0.00000176. The zero-order chi connectivity index (χ0) is 14.7. The van der Waals surface area contributed by atoms with Gasteiger partial charge in [-0.3, -0.25) is 4.57 Å². The predicted octanol–water partition coefficient (Wildman–Crippen LogP) is 2.18. The number of benzene rings is 2. The number of aromatic nitrogens is 2. The van der Waals surface area contributed by atoms with Gasteiger partial charge in [0.1, 0.15) is 24.8 Å². The van der Waals surface area contributed by atoms with Crippen LogP contribution in [0.3, 0.4) is 0 Å². The minimum Gasteiger partial charge on any atom is -0.491 e. The molecular weight excluding hydrogens is 304 g/mol. The first-order valence-electron chi connectivity index (χ1n) is 6.72. The highest BCUT2D eigenvalue weighted by Crippen LogP contribution is 2.22. The van der Waals surface area contributed by atoms with E-state index in [-0.39, 0.29) is 25.6 Å². The summed E-state index contributed by atoms with van der Waals surface area (Å²) in [7, 11) is 0. The summed E-state index contributed by atoms with van der Waals surface area (Å²) in [4.78, 5) is 4.37. The fraction of sp³-hybridized carbons (Fsp3) is 0.188. The highest BCUT2D eigenvalue weighted by molar-refractivity contribution is 5.85. The van der Waals surface area contributed by atoms with E-state index in [1.54, 1.807) is 6.33 Å². The summed E-state index contributed by atoms with van der Waals surface area (Å²) in [6.07, 6.45) is 0.898. The van der Waals surface area contributed by atoms with Crippen LogP contribution >= 0.6 is 12.4 Å². The Bertz CT molecular complexity index is 731. The van der Waals surface area contributed by atoms with Gasteiger partial charge in [-0.05, 0) is 24.3 Å². The molecule has 0 aliphatic carbocycles. The number of nitrogens with zero attached hydrogens (tertiary/aromatic N) is 2. The van der Waals surface area contributed by atoms with Crippen LogP contribution in [0.1, 0.15) is 0 Å². The molecular formula is C16H17ClN2O3. The molecule has 3 aromatic rings. The molecule has 0 saturated heterocycles. The fourth-order valence-electron chi connectivity index (χ4n) is 2.12. The van der Waals surface area contributed by atoms with Crippen molar-refractivity contribution in [1.29, 1.82) is 0 Å². The number of hydrogen-bond donors (Lipinski definition) is 2. The van der Waals surface area contributed by atoms with Gasteiger partial charge in [0.25, 0.3) is 0 Å². The van der Waals surface area contributed by atoms with E-state index in [2.05, 4.69) is 4.98 Å². The van der Waals surface area contributed by atoms with Crippen molar-refractivity contribution < 1.29 is 14.9 Å². The minimum absolute atomic E-state index is 0. The van der Waals surface area contributed by atoms with E-state index in [1.807, 2.05) is 53.1 Å². The fourth-order valence-corrected chi connectivity index (χ4v) is 2.12. The molecule has 0 aliphatic heterocycles. The third-order valence-electron chi connectivity index (χ3n) is 3.21. The Morgan fingerprint density at radius 3 is 2.64 bits per heavy atom. The number of imidazole rings is 1. The molecule has 2 aromatic carbocycles. The first-order valence-corrected chi connectivity index (χ1v) is 6.72. The molecule has 2 N–H and O–H groups in total. The van der Waals surface area contributed by atoms with Crippen molar-refractivity contribution in [1.82, 2.24) is 9.55 Å². The van der Waals surface area contributed by atoms with Crippen LogP contribution in [0.15, 0.2) is 54.9 Å². The number of hydrogen-bond acceptors (Lipinski definition) is 4. The van der Waals surface area contributed by atoms with Crippen molar-refractivity contribution in [2.45, 2.75) is 6.10 Å². The normalized spacial score (nSPS) is 11.9. The second kappa shape index (κ2) is 7.26. The molecule has 22 heavy (non-hydrogen) atoms. The molecule has 1 aromatic heterocycles. The average Bonchev–Trinajstić information content (AvgIpc) is 2.96. The lowest BCUT2D eigenvalue weighted by atomic mass is 10.2. The Morgan fingerprint density at radius 1 is 1.14 bits per heavy atom. The summed E-state index contributed by atoms with van der Waals surface area (Å²) in [5, 5.41) is 18.1. The molecule has 0 aliphatic rings. The van der Waals surface area contributed by atoms with Gasteiger partial charge in [-0.2, -0.15) is 0 Å². The summed E-state index contributed by atoms with van der Waals surface area (Å²) in [5.41, 5.74) is 2.84. The van der Waals surface area contributed by atoms with E-state index in [4.69, 9.17) is 9.84 Å². The van der Waals surface area contributed by atoms with Gasteiger partial charge < -0.3 is 14.9 Å². The minimum atomic E-state index is -0.873. The molecule has 0 fully saturated rings. The number of rotatable bonds is 5. The van der Waals surface area contributed by atoms with Crippen LogP contribution < -0.4 is 4.74 Å². The zero-order valence-electron chi connectivity index (χ0n) is 11.8. The standard InChI is InChI=1S/C16H16N2O3.ClH/c19-9-13(20)10-21-14-6-7-16-15(8-14)17-11-18(16)12-4-2-1-3-5-12;/h1-8,11,13,19-20H,9-10H2;1H. The van der Waals surface area contributed by atoms with Crippen LogP contribution in [-0.2, 0) is 0 Å². The van der Waals surface area contributed by atoms with Gasteiger partial charge in [0.05, 0.1) is 17.6 Å². The van der Waals surface area contributed by atoms with Crippen molar-refractivity contribution in [3.05, 3.63) is 54.9 Å². The number of aliphatic hydroxyl groups excluding tert-OH is 2. The van der Waals surface area contributed by atoms with Gasteiger partial charge in [-0.15, -0.1) is 12.4 Å². The summed E-state index contributed by atoms with van der Waals surface area (Å²) in [6, 6.07) is 15.5. The maximum atomic E-state index is 9.29. The van der Waals surface area contributed by atoms with E-state index >= 15 is 0 Å². The molecule has 0 bridgehead atoms. The summed E-state index contributed by atoms with van der Waals surface area (Å²) >= 11 is 0. The van der Waals surface area contributed by atoms with E-state index in [0.29, 0.717) is 5.75 Å². The summed E-state index contributed by atoms with van der Waals surface area (Å²) in [6.45, 7) is -0.258. The average molecular weight is 321 g/mol. The molecule has 1 heterocycles. The largest absolute Gasteiger partial charge is 0.491 e. The smallest absolute Gasteiger partial charge is 0.121 e. The summed E-state index contributed by atoms with van der Waals surface area (Å²) < 4.78 is 7.42. The number of ether oxygens (including phenoxy) is 1. The van der Waals surface area contributed by atoms with Crippen molar-refractivity contribution in [2.75, 3.05) is 13.2 Å². The van der Waals surface area contributed by atoms with Crippen LogP contribution in [0.4, 0.5) is 0 Å². The maximum absolute atomic E-state index is 9.29. The van der Waals surface area contributed by atoms with Crippen molar-refractivity contribution in [3.8, 4) is 11.4 Å². The van der Waals surface area contributed by atoms with Crippen LogP contribution in [0.5, 0.6) is 5.75 Å². The third-order valence-corrected chi connectivity index (χ3v) is 3.21.